The smallest absolute Gasteiger partial charge is 0.223 e. The van der Waals surface area contributed by atoms with E-state index in [2.05, 4.69) is 43.4 Å². The fourth-order valence-electron chi connectivity index (χ4n) is 2.86. The molecule has 1 saturated carbocycles. The van der Waals surface area contributed by atoms with Crippen molar-refractivity contribution < 1.29 is 4.79 Å². The second kappa shape index (κ2) is 7.05. The summed E-state index contributed by atoms with van der Waals surface area (Å²) in [6, 6.07) is 8.34. The van der Waals surface area contributed by atoms with Gasteiger partial charge >= 0.3 is 0 Å². The molecule has 3 unspecified atom stereocenters. The first-order valence-electron chi connectivity index (χ1n) is 7.86. The predicted octanol–water partition coefficient (Wildman–Crippen LogP) is 2.05. The molecule has 1 amide bonds. The Labute approximate surface area is 127 Å². The number of hydrogen-bond donors (Lipinski definition) is 3. The van der Waals surface area contributed by atoms with Crippen molar-refractivity contribution in [3.8, 4) is 0 Å². The zero-order valence-corrected chi connectivity index (χ0v) is 13.0. The van der Waals surface area contributed by atoms with Gasteiger partial charge in [0, 0.05) is 24.5 Å². The molecule has 2 rings (SSSR count). The van der Waals surface area contributed by atoms with E-state index < -0.39 is 0 Å². The molecule has 21 heavy (non-hydrogen) atoms. The highest BCUT2D eigenvalue weighted by molar-refractivity contribution is 5.79. The Hall–Kier alpha value is -1.39. The molecule has 0 bridgehead atoms. The Morgan fingerprint density at radius 2 is 1.86 bits per heavy atom. The van der Waals surface area contributed by atoms with Crippen molar-refractivity contribution in [1.82, 2.24) is 5.32 Å². The van der Waals surface area contributed by atoms with E-state index in [9.17, 15) is 4.79 Å². The summed E-state index contributed by atoms with van der Waals surface area (Å²) in [5, 5.41) is 2.96. The molecule has 3 atom stereocenters. The van der Waals surface area contributed by atoms with Gasteiger partial charge in [-0.15, -0.1) is 0 Å². The van der Waals surface area contributed by atoms with E-state index in [1.165, 1.54) is 5.56 Å². The van der Waals surface area contributed by atoms with Crippen LogP contribution in [0, 0.1) is 5.92 Å². The summed E-state index contributed by atoms with van der Waals surface area (Å²) in [7, 11) is 0. The predicted molar refractivity (Wildman–Crippen MR) is 85.8 cm³/mol. The lowest BCUT2D eigenvalue weighted by molar-refractivity contribution is -0.124. The average molecular weight is 289 g/mol. The zero-order chi connectivity index (χ0) is 15.4. The number of benzene rings is 1. The normalized spacial score (nSPS) is 23.3. The van der Waals surface area contributed by atoms with Crippen LogP contribution in [0.25, 0.3) is 0 Å². The molecule has 1 aliphatic rings. The molecule has 4 nitrogen and oxygen atoms in total. The molecule has 0 saturated heterocycles. The summed E-state index contributed by atoms with van der Waals surface area (Å²) in [4.78, 5) is 12.0. The third-order valence-electron chi connectivity index (χ3n) is 4.37. The molecule has 116 valence electrons. The molecule has 0 aliphatic heterocycles. The molecule has 0 aromatic heterocycles. The van der Waals surface area contributed by atoms with Crippen LogP contribution < -0.4 is 16.8 Å². The van der Waals surface area contributed by atoms with E-state index in [0.717, 1.165) is 24.8 Å². The van der Waals surface area contributed by atoms with Crippen LogP contribution in [-0.2, 0) is 4.79 Å². The van der Waals surface area contributed by atoms with E-state index in [1.807, 2.05) is 0 Å². The van der Waals surface area contributed by atoms with E-state index in [1.54, 1.807) is 0 Å². The minimum absolute atomic E-state index is 0.0653. The fraction of sp³-hybridized carbons (Fsp3) is 0.588. The van der Waals surface area contributed by atoms with Crippen molar-refractivity contribution in [2.45, 2.75) is 51.1 Å². The summed E-state index contributed by atoms with van der Waals surface area (Å²) in [6.07, 6.45) is 2.64. The van der Waals surface area contributed by atoms with Gasteiger partial charge in [-0.2, -0.15) is 0 Å². The van der Waals surface area contributed by atoms with Crippen molar-refractivity contribution >= 4 is 5.91 Å². The molecule has 1 aliphatic carbocycles. The first kappa shape index (κ1) is 16.0. The van der Waals surface area contributed by atoms with E-state index in [0.29, 0.717) is 12.5 Å². The van der Waals surface area contributed by atoms with Crippen molar-refractivity contribution in [3.63, 3.8) is 0 Å². The molecule has 4 heteroatoms. The summed E-state index contributed by atoms with van der Waals surface area (Å²) in [5.74, 6) is 0.675. The fourth-order valence-corrected chi connectivity index (χ4v) is 2.86. The molecule has 1 fully saturated rings. The summed E-state index contributed by atoms with van der Waals surface area (Å²) < 4.78 is 0. The zero-order valence-electron chi connectivity index (χ0n) is 13.0. The first-order chi connectivity index (χ1) is 9.97. The standard InChI is InChI=1S/C17H27N3O/c1-11(2)12-3-5-13(6-4-12)16(19)10-20-17(21)14-7-8-15(18)9-14/h3-6,11,14-16H,7-10,18-19H2,1-2H3,(H,20,21). The van der Waals surface area contributed by atoms with Crippen LogP contribution >= 0.6 is 0 Å². The first-order valence-corrected chi connectivity index (χ1v) is 7.86. The van der Waals surface area contributed by atoms with Crippen LogP contribution in [0.2, 0.25) is 0 Å². The van der Waals surface area contributed by atoms with Gasteiger partial charge in [-0.3, -0.25) is 4.79 Å². The van der Waals surface area contributed by atoms with Crippen molar-refractivity contribution in [3.05, 3.63) is 35.4 Å². The Morgan fingerprint density at radius 3 is 2.38 bits per heavy atom. The quantitative estimate of drug-likeness (QED) is 0.776. The van der Waals surface area contributed by atoms with E-state index >= 15 is 0 Å². The topological polar surface area (TPSA) is 81.1 Å². The molecule has 0 heterocycles. The van der Waals surface area contributed by atoms with Gasteiger partial charge in [0.15, 0.2) is 0 Å². The van der Waals surface area contributed by atoms with Crippen LogP contribution in [0.4, 0.5) is 0 Å². The number of carbonyl (C=O) groups excluding carboxylic acids is 1. The lowest BCUT2D eigenvalue weighted by Gasteiger charge is -2.16. The number of rotatable bonds is 5. The number of nitrogens with one attached hydrogen (secondary N) is 1. The molecule has 5 N–H and O–H groups in total. The van der Waals surface area contributed by atoms with Crippen LogP contribution in [0.1, 0.15) is 56.2 Å². The van der Waals surface area contributed by atoms with Gasteiger partial charge in [0.2, 0.25) is 5.91 Å². The van der Waals surface area contributed by atoms with Gasteiger partial charge in [-0.25, -0.2) is 0 Å². The highest BCUT2D eigenvalue weighted by atomic mass is 16.1. The second-order valence-electron chi connectivity index (χ2n) is 6.44. The Morgan fingerprint density at radius 1 is 1.24 bits per heavy atom. The van der Waals surface area contributed by atoms with Gasteiger partial charge in [-0.05, 0) is 36.3 Å². The van der Waals surface area contributed by atoms with Crippen LogP contribution in [-0.4, -0.2) is 18.5 Å². The van der Waals surface area contributed by atoms with E-state index in [4.69, 9.17) is 11.5 Å². The Bertz CT molecular complexity index is 469. The lowest BCUT2D eigenvalue weighted by Crippen LogP contribution is -2.35. The molecular formula is C17H27N3O. The maximum atomic E-state index is 12.0. The summed E-state index contributed by atoms with van der Waals surface area (Å²) in [6.45, 7) is 4.81. The highest BCUT2D eigenvalue weighted by Crippen LogP contribution is 2.24. The molecule has 0 spiro atoms. The van der Waals surface area contributed by atoms with Crippen LogP contribution in [0.15, 0.2) is 24.3 Å². The largest absolute Gasteiger partial charge is 0.354 e. The van der Waals surface area contributed by atoms with Crippen LogP contribution in [0.3, 0.4) is 0 Å². The van der Waals surface area contributed by atoms with E-state index in [-0.39, 0.29) is 23.9 Å². The number of carbonyl (C=O) groups is 1. The minimum Gasteiger partial charge on any atom is -0.354 e. The Kier molecular flexibility index (Phi) is 5.37. The molecular weight excluding hydrogens is 262 g/mol. The SMILES string of the molecule is CC(C)c1ccc(C(N)CNC(=O)C2CCC(N)C2)cc1. The summed E-state index contributed by atoms with van der Waals surface area (Å²) >= 11 is 0. The highest BCUT2D eigenvalue weighted by Gasteiger charge is 2.27. The number of hydrogen-bond acceptors (Lipinski definition) is 3. The molecule has 0 radical (unpaired) electrons. The maximum Gasteiger partial charge on any atom is 0.223 e. The van der Waals surface area contributed by atoms with Gasteiger partial charge in [-0.1, -0.05) is 38.1 Å². The van der Waals surface area contributed by atoms with Gasteiger partial charge in [0.1, 0.15) is 0 Å². The molecule has 1 aromatic carbocycles. The maximum absolute atomic E-state index is 12.0. The molecule has 1 aromatic rings. The van der Waals surface area contributed by atoms with Crippen molar-refractivity contribution in [1.29, 1.82) is 0 Å². The van der Waals surface area contributed by atoms with Crippen molar-refractivity contribution in [2.75, 3.05) is 6.54 Å². The second-order valence-corrected chi connectivity index (χ2v) is 6.44. The minimum atomic E-state index is -0.162. The third kappa shape index (κ3) is 4.29. The third-order valence-corrected chi connectivity index (χ3v) is 4.37. The Balaban J connectivity index is 1.83. The monoisotopic (exact) mass is 289 g/mol. The van der Waals surface area contributed by atoms with Crippen molar-refractivity contribution in [2.24, 2.45) is 17.4 Å². The van der Waals surface area contributed by atoms with Gasteiger partial charge in [0.05, 0.1) is 0 Å². The number of amides is 1. The summed E-state index contributed by atoms with van der Waals surface area (Å²) in [5.41, 5.74) is 14.4. The van der Waals surface area contributed by atoms with Gasteiger partial charge in [0.25, 0.3) is 0 Å². The number of nitrogens with two attached hydrogens (primary N) is 2. The average Bonchev–Trinajstić information content (AvgIpc) is 2.91. The van der Waals surface area contributed by atoms with Crippen LogP contribution in [0.5, 0.6) is 0 Å². The van der Waals surface area contributed by atoms with Gasteiger partial charge < -0.3 is 16.8 Å². The lowest BCUT2D eigenvalue weighted by atomic mass is 9.99.